The molecule has 0 saturated carbocycles. The first-order chi connectivity index (χ1) is 11.4. The third-order valence-electron chi connectivity index (χ3n) is 3.79. The average Bonchev–Trinajstić information content (AvgIpc) is 2.54. The molecule has 0 fully saturated rings. The summed E-state index contributed by atoms with van der Waals surface area (Å²) < 4.78 is 13.3. The number of nitrogens with zero attached hydrogens (tertiary/aromatic N) is 2. The molecule has 1 amide bonds. The number of aliphatic hydroxyl groups excluding tert-OH is 1. The predicted octanol–water partition coefficient (Wildman–Crippen LogP) is 2.58. The Hall–Kier alpha value is -2.24. The molecule has 0 saturated heterocycles. The summed E-state index contributed by atoms with van der Waals surface area (Å²) in [7, 11) is 5.61. The van der Waals surface area contributed by atoms with Crippen LogP contribution in [0.5, 0.6) is 0 Å². The summed E-state index contributed by atoms with van der Waals surface area (Å²) in [6, 6.07) is 13.4. The Labute approximate surface area is 142 Å². The number of carbonyl (C=O) groups excluding carboxylic acids is 1. The second kappa shape index (κ2) is 8.04. The lowest BCUT2D eigenvalue weighted by molar-refractivity contribution is -0.139. The van der Waals surface area contributed by atoms with Crippen molar-refractivity contribution in [2.45, 2.75) is 19.2 Å². The monoisotopic (exact) mass is 330 g/mol. The van der Waals surface area contributed by atoms with Gasteiger partial charge in [0, 0.05) is 20.1 Å². The van der Waals surface area contributed by atoms with Crippen LogP contribution in [0.15, 0.2) is 48.5 Å². The minimum Gasteiger partial charge on any atom is -0.378 e. The van der Waals surface area contributed by atoms with Crippen molar-refractivity contribution in [2.24, 2.45) is 0 Å². The molecule has 2 aromatic carbocycles. The molecule has 1 N–H and O–H groups in total. The number of aliphatic hydroxyl groups is 1. The smallest absolute Gasteiger partial charge is 0.256 e. The highest BCUT2D eigenvalue weighted by atomic mass is 19.1. The molecule has 2 rings (SSSR count). The zero-order valence-corrected chi connectivity index (χ0v) is 14.2. The van der Waals surface area contributed by atoms with Crippen LogP contribution in [-0.2, 0) is 17.9 Å². The van der Waals surface area contributed by atoms with E-state index in [1.165, 1.54) is 23.1 Å². The topological polar surface area (TPSA) is 43.8 Å². The minimum absolute atomic E-state index is 0.258. The second-order valence-electron chi connectivity index (χ2n) is 6.16. The molecule has 0 unspecified atom stereocenters. The van der Waals surface area contributed by atoms with E-state index >= 15 is 0 Å². The van der Waals surface area contributed by atoms with Crippen LogP contribution in [0.2, 0.25) is 0 Å². The fourth-order valence-corrected chi connectivity index (χ4v) is 2.57. The van der Waals surface area contributed by atoms with Gasteiger partial charge in [0.15, 0.2) is 6.10 Å². The first-order valence-electron chi connectivity index (χ1n) is 7.78. The normalized spacial score (nSPS) is 12.2. The molecule has 0 bridgehead atoms. The Bertz CT molecular complexity index is 703. The Morgan fingerprint density at radius 3 is 2.25 bits per heavy atom. The first kappa shape index (κ1) is 18.1. The van der Waals surface area contributed by atoms with Crippen LogP contribution in [0.1, 0.15) is 22.8 Å². The molecular formula is C19H23FN2O2. The van der Waals surface area contributed by atoms with E-state index in [2.05, 4.69) is 4.90 Å². The van der Waals surface area contributed by atoms with Crippen molar-refractivity contribution in [1.82, 2.24) is 9.80 Å². The van der Waals surface area contributed by atoms with Crippen molar-refractivity contribution in [3.05, 3.63) is 71.0 Å². The van der Waals surface area contributed by atoms with E-state index in [0.717, 1.165) is 17.7 Å². The van der Waals surface area contributed by atoms with E-state index < -0.39 is 17.8 Å². The van der Waals surface area contributed by atoms with Crippen molar-refractivity contribution in [3.8, 4) is 0 Å². The summed E-state index contributed by atoms with van der Waals surface area (Å²) in [6.45, 7) is 1.15. The largest absolute Gasteiger partial charge is 0.378 e. The Kier molecular flexibility index (Phi) is 6.06. The molecule has 4 nitrogen and oxygen atoms in total. The summed E-state index contributed by atoms with van der Waals surface area (Å²) >= 11 is 0. The van der Waals surface area contributed by atoms with E-state index in [0.29, 0.717) is 6.54 Å². The number of hydrogen-bond donors (Lipinski definition) is 1. The van der Waals surface area contributed by atoms with Crippen molar-refractivity contribution >= 4 is 5.91 Å². The molecule has 1 atom stereocenters. The summed E-state index contributed by atoms with van der Waals surface area (Å²) in [4.78, 5) is 16.0. The Morgan fingerprint density at radius 2 is 1.67 bits per heavy atom. The molecule has 0 aliphatic rings. The van der Waals surface area contributed by atoms with E-state index in [4.69, 9.17) is 0 Å². The van der Waals surface area contributed by atoms with Gasteiger partial charge >= 0.3 is 0 Å². The van der Waals surface area contributed by atoms with E-state index in [9.17, 15) is 14.3 Å². The fraction of sp³-hybridized carbons (Fsp3) is 0.316. The predicted molar refractivity (Wildman–Crippen MR) is 91.7 cm³/mol. The van der Waals surface area contributed by atoms with Crippen molar-refractivity contribution in [3.63, 3.8) is 0 Å². The van der Waals surface area contributed by atoms with Crippen LogP contribution >= 0.6 is 0 Å². The van der Waals surface area contributed by atoms with Gasteiger partial charge in [0.25, 0.3) is 5.91 Å². The van der Waals surface area contributed by atoms with Gasteiger partial charge < -0.3 is 14.9 Å². The Morgan fingerprint density at radius 1 is 1.04 bits per heavy atom. The molecule has 0 heterocycles. The lowest BCUT2D eigenvalue weighted by atomic mass is 10.1. The van der Waals surface area contributed by atoms with Crippen LogP contribution in [-0.4, -0.2) is 42.0 Å². The number of carbonyl (C=O) groups is 1. The molecule has 128 valence electrons. The van der Waals surface area contributed by atoms with Gasteiger partial charge in [-0.3, -0.25) is 4.79 Å². The van der Waals surface area contributed by atoms with Crippen LogP contribution in [0.25, 0.3) is 0 Å². The third kappa shape index (κ3) is 4.63. The number of likely N-dealkylation sites (N-methyl/N-ethyl adjacent to an activating group) is 1. The highest BCUT2D eigenvalue weighted by molar-refractivity contribution is 5.81. The van der Waals surface area contributed by atoms with Gasteiger partial charge in [-0.05, 0) is 42.9 Å². The van der Waals surface area contributed by atoms with Gasteiger partial charge in [0.05, 0.1) is 0 Å². The summed E-state index contributed by atoms with van der Waals surface area (Å²) in [6.07, 6.45) is -1.37. The fourth-order valence-electron chi connectivity index (χ4n) is 2.57. The first-order valence-corrected chi connectivity index (χ1v) is 7.78. The van der Waals surface area contributed by atoms with Gasteiger partial charge in [0.1, 0.15) is 5.82 Å². The maximum Gasteiger partial charge on any atom is 0.256 e. The maximum absolute atomic E-state index is 13.3. The van der Waals surface area contributed by atoms with Crippen molar-refractivity contribution < 1.29 is 14.3 Å². The maximum atomic E-state index is 13.3. The average molecular weight is 330 g/mol. The molecule has 0 spiro atoms. The van der Waals surface area contributed by atoms with Gasteiger partial charge in [-0.1, -0.05) is 36.4 Å². The van der Waals surface area contributed by atoms with Gasteiger partial charge in [-0.2, -0.15) is 0 Å². The molecular weight excluding hydrogens is 307 g/mol. The van der Waals surface area contributed by atoms with Crippen LogP contribution in [0.3, 0.4) is 0 Å². The van der Waals surface area contributed by atoms with Gasteiger partial charge in [-0.25, -0.2) is 4.39 Å². The lowest BCUT2D eigenvalue weighted by Crippen LogP contribution is -2.31. The third-order valence-corrected chi connectivity index (χ3v) is 3.79. The Balaban J connectivity index is 2.12. The lowest BCUT2D eigenvalue weighted by Gasteiger charge is -2.23. The summed E-state index contributed by atoms with van der Waals surface area (Å²) in [5, 5.41) is 10.2. The quantitative estimate of drug-likeness (QED) is 0.885. The molecule has 0 aliphatic heterocycles. The molecule has 24 heavy (non-hydrogen) atoms. The molecule has 5 heteroatoms. The SMILES string of the molecule is CN(C)Cc1ccccc1CN(C)C(=O)[C@@H](O)c1cccc(F)c1. The van der Waals surface area contributed by atoms with Crippen molar-refractivity contribution in [1.29, 1.82) is 0 Å². The highest BCUT2D eigenvalue weighted by Gasteiger charge is 2.22. The summed E-state index contributed by atoms with van der Waals surface area (Å²) in [5.74, 6) is -0.932. The van der Waals surface area contributed by atoms with Crippen LogP contribution < -0.4 is 0 Å². The minimum atomic E-state index is -1.37. The van der Waals surface area contributed by atoms with Gasteiger partial charge in [-0.15, -0.1) is 0 Å². The number of benzene rings is 2. The molecule has 0 aromatic heterocycles. The standard InChI is InChI=1S/C19H23FN2O2/c1-21(2)12-15-7-4-5-8-16(15)13-22(3)19(24)18(23)14-9-6-10-17(20)11-14/h4-11,18,23H,12-13H2,1-3H3/t18-/m0/s1. The molecule has 0 radical (unpaired) electrons. The number of amides is 1. The van der Waals surface area contributed by atoms with E-state index in [1.807, 2.05) is 38.4 Å². The molecule has 0 aliphatic carbocycles. The van der Waals surface area contributed by atoms with E-state index in [-0.39, 0.29) is 5.56 Å². The number of rotatable bonds is 6. The van der Waals surface area contributed by atoms with Crippen molar-refractivity contribution in [2.75, 3.05) is 21.1 Å². The molecule has 2 aromatic rings. The van der Waals surface area contributed by atoms with E-state index in [1.54, 1.807) is 13.1 Å². The van der Waals surface area contributed by atoms with Crippen LogP contribution in [0.4, 0.5) is 4.39 Å². The zero-order valence-electron chi connectivity index (χ0n) is 14.2. The number of hydrogen-bond acceptors (Lipinski definition) is 3. The van der Waals surface area contributed by atoms with Gasteiger partial charge in [0.2, 0.25) is 0 Å². The summed E-state index contributed by atoms with van der Waals surface area (Å²) in [5.41, 5.74) is 2.41. The number of halogens is 1. The zero-order chi connectivity index (χ0) is 17.7. The second-order valence-corrected chi connectivity index (χ2v) is 6.16. The van der Waals surface area contributed by atoms with Crippen LogP contribution in [0, 0.1) is 5.82 Å². The highest BCUT2D eigenvalue weighted by Crippen LogP contribution is 2.19.